The first kappa shape index (κ1) is 21.1. The van der Waals surface area contributed by atoms with Crippen LogP contribution in [0.3, 0.4) is 0 Å². The summed E-state index contributed by atoms with van der Waals surface area (Å²) in [6, 6.07) is 6.66. The molecule has 0 spiro atoms. The predicted molar refractivity (Wildman–Crippen MR) is 101 cm³/mol. The Hall–Kier alpha value is -2.23. The molecule has 0 saturated carbocycles. The van der Waals surface area contributed by atoms with Crippen molar-refractivity contribution in [3.05, 3.63) is 46.8 Å². The lowest BCUT2D eigenvalue weighted by Gasteiger charge is -2.18. The first-order valence-electron chi connectivity index (χ1n) is 8.50. The van der Waals surface area contributed by atoms with Crippen LogP contribution in [0.1, 0.15) is 22.6 Å². The Balaban J connectivity index is 1.98. The molecular formula is C18H26N4O4S. The summed E-state index contributed by atoms with van der Waals surface area (Å²) in [6.45, 7) is 4.56. The molecule has 0 aliphatic rings. The average Bonchev–Trinajstić information content (AvgIpc) is 2.92. The Kier molecular flexibility index (Phi) is 6.74. The molecule has 1 amide bonds. The molecule has 0 bridgehead atoms. The van der Waals surface area contributed by atoms with Crippen LogP contribution in [0, 0.1) is 13.8 Å². The minimum Gasteiger partial charge on any atom is -0.361 e. The van der Waals surface area contributed by atoms with Gasteiger partial charge in [0.05, 0.1) is 17.1 Å². The molecule has 9 heteroatoms. The van der Waals surface area contributed by atoms with E-state index < -0.39 is 10.0 Å². The van der Waals surface area contributed by atoms with Crippen LogP contribution in [0.2, 0.25) is 0 Å². The number of carbonyl (C=O) groups excluding carboxylic acids is 1. The van der Waals surface area contributed by atoms with Crippen LogP contribution >= 0.6 is 0 Å². The van der Waals surface area contributed by atoms with Crippen LogP contribution in [-0.2, 0) is 27.9 Å². The third-order valence-electron chi connectivity index (χ3n) is 4.23. The maximum absolute atomic E-state index is 12.4. The quantitative estimate of drug-likeness (QED) is 0.725. The number of amides is 1. The summed E-state index contributed by atoms with van der Waals surface area (Å²) in [5.74, 6) is 0.545. The molecule has 1 aromatic carbocycles. The average molecular weight is 394 g/mol. The molecule has 1 N–H and O–H groups in total. The smallest absolute Gasteiger partial charge is 0.242 e. The van der Waals surface area contributed by atoms with E-state index in [4.69, 9.17) is 4.52 Å². The lowest BCUT2D eigenvalue weighted by Crippen LogP contribution is -2.35. The van der Waals surface area contributed by atoms with E-state index in [-0.39, 0.29) is 23.9 Å². The molecule has 0 radical (unpaired) electrons. The van der Waals surface area contributed by atoms with Gasteiger partial charge in [0.2, 0.25) is 15.9 Å². The summed E-state index contributed by atoms with van der Waals surface area (Å²) < 4.78 is 31.1. The van der Waals surface area contributed by atoms with Gasteiger partial charge in [0.25, 0.3) is 0 Å². The van der Waals surface area contributed by atoms with Gasteiger partial charge in [0.15, 0.2) is 0 Å². The third-order valence-corrected chi connectivity index (χ3v) is 6.15. The predicted octanol–water partition coefficient (Wildman–Crippen LogP) is 1.29. The largest absolute Gasteiger partial charge is 0.361 e. The second-order valence-corrected chi connectivity index (χ2v) is 8.77. The lowest BCUT2D eigenvalue weighted by molar-refractivity contribution is -0.122. The van der Waals surface area contributed by atoms with Crippen molar-refractivity contribution in [3.8, 4) is 0 Å². The first-order chi connectivity index (χ1) is 12.6. The number of aromatic nitrogens is 1. The summed E-state index contributed by atoms with van der Waals surface area (Å²) in [7, 11) is 1.22. The van der Waals surface area contributed by atoms with Crippen molar-refractivity contribution in [1.82, 2.24) is 19.7 Å². The summed E-state index contributed by atoms with van der Waals surface area (Å²) >= 11 is 0. The number of sulfonamides is 1. The van der Waals surface area contributed by atoms with Gasteiger partial charge in [-0.05, 0) is 32.5 Å². The molecule has 0 aliphatic carbocycles. The van der Waals surface area contributed by atoms with Crippen molar-refractivity contribution in [1.29, 1.82) is 0 Å². The number of benzene rings is 1. The number of nitrogens with one attached hydrogen (secondary N) is 1. The number of carbonyl (C=O) groups is 1. The van der Waals surface area contributed by atoms with Gasteiger partial charge in [-0.3, -0.25) is 9.69 Å². The normalized spacial score (nSPS) is 12.0. The molecule has 148 valence electrons. The highest BCUT2D eigenvalue weighted by Gasteiger charge is 2.21. The van der Waals surface area contributed by atoms with E-state index in [2.05, 4.69) is 10.5 Å². The molecule has 0 fully saturated rings. The monoisotopic (exact) mass is 394 g/mol. The van der Waals surface area contributed by atoms with Gasteiger partial charge in [-0.25, -0.2) is 12.7 Å². The highest BCUT2D eigenvalue weighted by Crippen LogP contribution is 2.18. The number of rotatable bonds is 8. The molecule has 0 aliphatic heterocycles. The Morgan fingerprint density at radius 3 is 2.44 bits per heavy atom. The highest BCUT2D eigenvalue weighted by atomic mass is 32.2. The van der Waals surface area contributed by atoms with Gasteiger partial charge >= 0.3 is 0 Å². The topological polar surface area (TPSA) is 95.7 Å². The van der Waals surface area contributed by atoms with E-state index >= 15 is 0 Å². The third kappa shape index (κ3) is 5.15. The van der Waals surface area contributed by atoms with Crippen LogP contribution in [-0.4, -0.2) is 56.4 Å². The Bertz CT molecular complexity index is 886. The zero-order valence-corrected chi connectivity index (χ0v) is 17.1. The molecule has 1 heterocycles. The molecule has 2 rings (SSSR count). The van der Waals surface area contributed by atoms with E-state index in [1.54, 1.807) is 24.3 Å². The van der Waals surface area contributed by atoms with Crippen molar-refractivity contribution in [2.45, 2.75) is 31.8 Å². The van der Waals surface area contributed by atoms with Crippen molar-refractivity contribution in [2.75, 3.05) is 27.7 Å². The maximum Gasteiger partial charge on any atom is 0.242 e. The molecule has 1 aromatic heterocycles. The molecule has 27 heavy (non-hydrogen) atoms. The number of hydrogen-bond acceptors (Lipinski definition) is 6. The summed E-state index contributed by atoms with van der Waals surface area (Å²) in [4.78, 5) is 14.3. The Morgan fingerprint density at radius 1 is 1.19 bits per heavy atom. The number of nitrogens with zero attached hydrogens (tertiary/aromatic N) is 3. The summed E-state index contributed by atoms with van der Waals surface area (Å²) in [5.41, 5.74) is 2.32. The highest BCUT2D eigenvalue weighted by molar-refractivity contribution is 7.89. The van der Waals surface area contributed by atoms with Gasteiger partial charge in [0, 0.05) is 32.7 Å². The van der Waals surface area contributed by atoms with Crippen molar-refractivity contribution >= 4 is 15.9 Å². The second-order valence-electron chi connectivity index (χ2n) is 6.65. The van der Waals surface area contributed by atoms with Gasteiger partial charge in [0.1, 0.15) is 5.76 Å². The van der Waals surface area contributed by atoms with E-state index in [1.807, 2.05) is 25.8 Å². The van der Waals surface area contributed by atoms with E-state index in [0.717, 1.165) is 21.3 Å². The standard InChI is InChI=1S/C18H26N4O4S/c1-13-16(14(2)26-20-13)11-22(5)12-18(23)19-10-15-8-6-7-9-17(15)27(24,25)21(3)4/h6-9H,10-12H2,1-5H3,(H,19,23). The molecule has 0 atom stereocenters. The maximum atomic E-state index is 12.4. The minimum atomic E-state index is -3.57. The van der Waals surface area contributed by atoms with Gasteiger partial charge in [-0.15, -0.1) is 0 Å². The number of likely N-dealkylation sites (N-methyl/N-ethyl adjacent to an activating group) is 1. The van der Waals surface area contributed by atoms with Gasteiger partial charge < -0.3 is 9.84 Å². The molecule has 0 unspecified atom stereocenters. The zero-order chi connectivity index (χ0) is 20.2. The van der Waals surface area contributed by atoms with Crippen molar-refractivity contribution < 1.29 is 17.7 Å². The summed E-state index contributed by atoms with van der Waals surface area (Å²) in [5, 5.41) is 6.70. The second kappa shape index (κ2) is 8.64. The van der Waals surface area contributed by atoms with Crippen LogP contribution in [0.4, 0.5) is 0 Å². The minimum absolute atomic E-state index is 0.140. The van der Waals surface area contributed by atoms with E-state index in [1.165, 1.54) is 14.1 Å². The molecular weight excluding hydrogens is 368 g/mol. The van der Waals surface area contributed by atoms with Gasteiger partial charge in [-0.2, -0.15) is 0 Å². The molecule has 8 nitrogen and oxygen atoms in total. The SMILES string of the molecule is Cc1noc(C)c1CN(C)CC(=O)NCc1ccccc1S(=O)(=O)N(C)C. The zero-order valence-electron chi connectivity index (χ0n) is 16.3. The molecule has 0 saturated heterocycles. The van der Waals surface area contributed by atoms with Crippen molar-refractivity contribution in [2.24, 2.45) is 0 Å². The van der Waals surface area contributed by atoms with Crippen LogP contribution < -0.4 is 5.32 Å². The summed E-state index contributed by atoms with van der Waals surface area (Å²) in [6.07, 6.45) is 0. The van der Waals surface area contributed by atoms with E-state index in [9.17, 15) is 13.2 Å². The van der Waals surface area contributed by atoms with Crippen molar-refractivity contribution in [3.63, 3.8) is 0 Å². The fourth-order valence-corrected chi connectivity index (χ4v) is 3.76. The van der Waals surface area contributed by atoms with Crippen LogP contribution in [0.5, 0.6) is 0 Å². The number of hydrogen-bond donors (Lipinski definition) is 1. The van der Waals surface area contributed by atoms with Crippen LogP contribution in [0.15, 0.2) is 33.7 Å². The molecule has 2 aromatic rings. The van der Waals surface area contributed by atoms with Gasteiger partial charge in [-0.1, -0.05) is 23.4 Å². The number of aryl methyl sites for hydroxylation is 2. The Morgan fingerprint density at radius 2 is 1.85 bits per heavy atom. The Labute approximate surface area is 160 Å². The lowest BCUT2D eigenvalue weighted by atomic mass is 10.2. The fourth-order valence-electron chi connectivity index (χ4n) is 2.65. The van der Waals surface area contributed by atoms with E-state index in [0.29, 0.717) is 12.1 Å². The first-order valence-corrected chi connectivity index (χ1v) is 9.94. The fraction of sp³-hybridized carbons (Fsp3) is 0.444. The van der Waals surface area contributed by atoms with Crippen LogP contribution in [0.25, 0.3) is 0 Å².